The van der Waals surface area contributed by atoms with Crippen LogP contribution in [0.3, 0.4) is 0 Å². The SMILES string of the molecule is C=c1ccc(S(N)(=O)=O)cc1=c1nnc2n1NC(C)=c1ccccc1=2. The Morgan fingerprint density at radius 2 is 1.68 bits per heavy atom. The topological polar surface area (TPSA) is 103 Å². The minimum absolute atomic E-state index is 0.00385. The molecule has 0 amide bonds. The number of nitrogens with zero attached hydrogens (tertiary/aromatic N) is 3. The molecule has 1 aliphatic rings. The number of primary sulfonamides is 1. The fraction of sp³-hybridized carbons (Fsp3) is 0.0588. The van der Waals surface area contributed by atoms with Gasteiger partial charge in [0.25, 0.3) is 0 Å². The number of fused-ring (bicyclic) bond motifs is 2. The van der Waals surface area contributed by atoms with Gasteiger partial charge in [-0.25, -0.2) is 18.2 Å². The summed E-state index contributed by atoms with van der Waals surface area (Å²) in [6.45, 7) is 5.92. The van der Waals surface area contributed by atoms with Crippen molar-refractivity contribution in [2.24, 2.45) is 5.14 Å². The molecule has 4 rings (SSSR count). The van der Waals surface area contributed by atoms with Gasteiger partial charge in [-0.3, -0.25) is 5.43 Å². The van der Waals surface area contributed by atoms with Gasteiger partial charge in [0.1, 0.15) is 0 Å². The highest BCUT2D eigenvalue weighted by molar-refractivity contribution is 7.89. The summed E-state index contributed by atoms with van der Waals surface area (Å²) in [6.07, 6.45) is 0. The summed E-state index contributed by atoms with van der Waals surface area (Å²) in [4.78, 5) is 0.00385. The van der Waals surface area contributed by atoms with E-state index < -0.39 is 10.0 Å². The van der Waals surface area contributed by atoms with Crippen molar-refractivity contribution in [2.75, 3.05) is 5.43 Å². The quantitative estimate of drug-likeness (QED) is 0.619. The molecule has 0 aliphatic carbocycles. The van der Waals surface area contributed by atoms with E-state index in [-0.39, 0.29) is 4.90 Å². The second kappa shape index (κ2) is 5.27. The summed E-state index contributed by atoms with van der Waals surface area (Å²) in [7, 11) is -3.82. The molecule has 0 unspecified atom stereocenters. The Morgan fingerprint density at radius 1 is 1.04 bits per heavy atom. The smallest absolute Gasteiger partial charge is 0.238 e. The Kier molecular flexibility index (Phi) is 3.28. The lowest BCUT2D eigenvalue weighted by Crippen LogP contribution is -2.26. The third-order valence-corrected chi connectivity index (χ3v) is 5.08. The lowest BCUT2D eigenvalue weighted by molar-refractivity contribution is 0.597. The summed E-state index contributed by atoms with van der Waals surface area (Å²) < 4.78 is 25.1. The normalized spacial score (nSPS) is 14.6. The Balaban J connectivity index is 2.26. The molecule has 3 N–H and O–H groups in total. The highest BCUT2D eigenvalue weighted by atomic mass is 32.2. The lowest BCUT2D eigenvalue weighted by atomic mass is 10.2. The van der Waals surface area contributed by atoms with Crippen LogP contribution in [0.5, 0.6) is 0 Å². The fourth-order valence-electron chi connectivity index (χ4n) is 2.91. The minimum atomic E-state index is -3.82. The highest BCUT2D eigenvalue weighted by Gasteiger charge is 2.11. The maximum atomic E-state index is 11.7. The third-order valence-electron chi connectivity index (χ3n) is 4.17. The average Bonchev–Trinajstić information content (AvgIpc) is 2.98. The first kappa shape index (κ1) is 15.6. The van der Waals surface area contributed by atoms with Crippen LogP contribution in [0.25, 0.3) is 12.3 Å². The molecule has 0 spiro atoms. The first-order valence-electron chi connectivity index (χ1n) is 7.51. The first-order valence-corrected chi connectivity index (χ1v) is 9.06. The van der Waals surface area contributed by atoms with E-state index in [1.807, 2.05) is 31.2 Å². The van der Waals surface area contributed by atoms with E-state index in [1.54, 1.807) is 10.7 Å². The lowest BCUT2D eigenvalue weighted by Gasteiger charge is -2.12. The van der Waals surface area contributed by atoms with Crippen molar-refractivity contribution >= 4 is 22.3 Å². The molecule has 2 aromatic carbocycles. The summed E-state index contributed by atoms with van der Waals surface area (Å²) >= 11 is 0. The van der Waals surface area contributed by atoms with Crippen molar-refractivity contribution < 1.29 is 8.42 Å². The van der Waals surface area contributed by atoms with E-state index in [2.05, 4.69) is 22.2 Å². The van der Waals surface area contributed by atoms with Crippen molar-refractivity contribution in [3.8, 4) is 0 Å². The molecule has 3 aromatic rings. The van der Waals surface area contributed by atoms with Gasteiger partial charge in [0.15, 0.2) is 11.0 Å². The second-order valence-corrected chi connectivity index (χ2v) is 7.39. The van der Waals surface area contributed by atoms with Crippen LogP contribution in [-0.4, -0.2) is 23.3 Å². The predicted molar refractivity (Wildman–Crippen MR) is 92.8 cm³/mol. The van der Waals surface area contributed by atoms with Crippen LogP contribution in [0, 0.1) is 21.4 Å². The van der Waals surface area contributed by atoms with Gasteiger partial charge < -0.3 is 0 Å². The van der Waals surface area contributed by atoms with Crippen LogP contribution in [0.15, 0.2) is 47.4 Å². The molecule has 0 bridgehead atoms. The van der Waals surface area contributed by atoms with Crippen LogP contribution in [0.1, 0.15) is 6.92 Å². The van der Waals surface area contributed by atoms with Crippen LogP contribution < -0.4 is 21.0 Å². The Bertz CT molecular complexity index is 1430. The van der Waals surface area contributed by atoms with E-state index in [0.29, 0.717) is 21.4 Å². The zero-order valence-electron chi connectivity index (χ0n) is 13.4. The van der Waals surface area contributed by atoms with Gasteiger partial charge in [0.05, 0.1) is 4.90 Å². The third kappa shape index (κ3) is 2.43. The molecule has 0 saturated heterocycles. The van der Waals surface area contributed by atoms with Crippen molar-refractivity contribution in [1.82, 2.24) is 14.9 Å². The molecule has 1 aliphatic heterocycles. The van der Waals surface area contributed by atoms with E-state index in [4.69, 9.17) is 5.14 Å². The molecule has 0 atom stereocenters. The first-order chi connectivity index (χ1) is 11.9. The summed E-state index contributed by atoms with van der Waals surface area (Å²) in [5.41, 5.74) is 5.31. The average molecular weight is 353 g/mol. The van der Waals surface area contributed by atoms with Crippen molar-refractivity contribution in [3.63, 3.8) is 0 Å². The molecule has 7 nitrogen and oxygen atoms in total. The van der Waals surface area contributed by atoms with E-state index in [0.717, 1.165) is 16.1 Å². The van der Waals surface area contributed by atoms with Crippen molar-refractivity contribution in [1.29, 1.82) is 0 Å². The molecule has 1 aromatic heterocycles. The number of sulfonamides is 1. The molecule has 25 heavy (non-hydrogen) atoms. The Morgan fingerprint density at radius 3 is 2.36 bits per heavy atom. The Hall–Kier alpha value is -2.97. The standard InChI is InChI=1S/C17H15N5O2S/c1-10-7-8-12(25(18,23)24)9-15(10)17-20-19-16-14-6-4-3-5-13(14)11(2)21-22(16)17/h3-9,21H,1H2,2H3,(H2,18,23,24). The number of hydrogen-bond acceptors (Lipinski definition) is 5. The molecule has 126 valence electrons. The van der Waals surface area contributed by atoms with Gasteiger partial charge in [-0.05, 0) is 24.3 Å². The number of nitrogens with one attached hydrogen (secondary N) is 1. The van der Waals surface area contributed by atoms with Crippen LogP contribution in [0.4, 0.5) is 0 Å². The maximum absolute atomic E-state index is 11.7. The molecule has 8 heteroatoms. The molecule has 0 fully saturated rings. The van der Waals surface area contributed by atoms with E-state index in [9.17, 15) is 8.42 Å². The molecule has 2 heterocycles. The highest BCUT2D eigenvalue weighted by Crippen LogP contribution is 2.06. The van der Waals surface area contributed by atoms with Gasteiger partial charge in [0, 0.05) is 21.4 Å². The summed E-state index contributed by atoms with van der Waals surface area (Å²) in [5.74, 6) is 0. The number of rotatable bonds is 1. The molecule has 0 radical (unpaired) electrons. The predicted octanol–water partition coefficient (Wildman–Crippen LogP) is -0.405. The summed E-state index contributed by atoms with van der Waals surface area (Å²) in [5, 5.41) is 16.9. The minimum Gasteiger partial charge on any atom is -0.295 e. The molecular formula is C17H15N5O2S. The zero-order valence-corrected chi connectivity index (χ0v) is 14.2. The number of nitrogens with two attached hydrogens (primary N) is 1. The Labute approximate surface area is 142 Å². The van der Waals surface area contributed by atoms with Gasteiger partial charge in [-0.2, -0.15) is 0 Å². The fourth-order valence-corrected chi connectivity index (χ4v) is 3.45. The maximum Gasteiger partial charge on any atom is 0.238 e. The second-order valence-electron chi connectivity index (χ2n) is 5.83. The van der Waals surface area contributed by atoms with Crippen LogP contribution in [0.2, 0.25) is 0 Å². The molecule has 0 saturated carbocycles. The van der Waals surface area contributed by atoms with Crippen LogP contribution >= 0.6 is 0 Å². The number of hydrogen-bond donors (Lipinski definition) is 2. The largest absolute Gasteiger partial charge is 0.295 e. The van der Waals surface area contributed by atoms with Gasteiger partial charge >= 0.3 is 0 Å². The van der Waals surface area contributed by atoms with Gasteiger partial charge in [-0.1, -0.05) is 36.9 Å². The van der Waals surface area contributed by atoms with Gasteiger partial charge in [0.2, 0.25) is 10.0 Å². The van der Waals surface area contributed by atoms with Crippen molar-refractivity contribution in [2.45, 2.75) is 11.8 Å². The summed E-state index contributed by atoms with van der Waals surface area (Å²) in [6, 6.07) is 12.4. The number of aromatic nitrogens is 3. The van der Waals surface area contributed by atoms with E-state index in [1.165, 1.54) is 12.1 Å². The number of benzene rings is 2. The zero-order chi connectivity index (χ0) is 17.8. The van der Waals surface area contributed by atoms with Gasteiger partial charge in [-0.15, -0.1) is 10.2 Å². The molecular weight excluding hydrogens is 338 g/mol. The van der Waals surface area contributed by atoms with Crippen LogP contribution in [-0.2, 0) is 10.0 Å². The monoisotopic (exact) mass is 353 g/mol. The van der Waals surface area contributed by atoms with E-state index >= 15 is 0 Å². The van der Waals surface area contributed by atoms with Crippen molar-refractivity contribution in [3.05, 3.63) is 74.3 Å².